The predicted molar refractivity (Wildman–Crippen MR) is 41.4 cm³/mol. The smallest absolute Gasteiger partial charge is 0.333 e. The zero-order valence-electron chi connectivity index (χ0n) is 6.78. The lowest BCUT2D eigenvalue weighted by molar-refractivity contribution is -0.135. The minimum Gasteiger partial charge on any atom is -0.456 e. The highest BCUT2D eigenvalue weighted by Crippen LogP contribution is 2.12. The van der Waals surface area contributed by atoms with Gasteiger partial charge in [0.2, 0.25) is 0 Å². The number of cyclic esters (lactones) is 1. The molecule has 2 aliphatic heterocycles. The molecule has 2 rings (SSSR count). The Morgan fingerprint density at radius 1 is 1.33 bits per heavy atom. The molecule has 0 aromatic carbocycles. The first-order valence-electron chi connectivity index (χ1n) is 4.06. The number of ether oxygens (including phenoxy) is 2. The molecule has 1 fully saturated rings. The van der Waals surface area contributed by atoms with Gasteiger partial charge in [-0.25, -0.2) is 4.79 Å². The van der Waals surface area contributed by atoms with Crippen LogP contribution in [0.2, 0.25) is 0 Å². The van der Waals surface area contributed by atoms with Crippen molar-refractivity contribution in [2.45, 2.75) is 0 Å². The Morgan fingerprint density at radius 2 is 2.08 bits per heavy atom. The number of hydrogen-bond acceptors (Lipinski definition) is 4. The predicted octanol–water partition coefficient (Wildman–Crippen LogP) is -0.241. The molecule has 2 aliphatic rings. The molecule has 66 valence electrons. The summed E-state index contributed by atoms with van der Waals surface area (Å²) in [7, 11) is 0. The summed E-state index contributed by atoms with van der Waals surface area (Å²) in [4.78, 5) is 12.9. The average molecular weight is 169 g/mol. The molecule has 4 nitrogen and oxygen atoms in total. The van der Waals surface area contributed by atoms with Crippen LogP contribution in [0.3, 0.4) is 0 Å². The van der Waals surface area contributed by atoms with E-state index in [1.54, 1.807) is 6.08 Å². The third kappa shape index (κ3) is 1.43. The number of rotatable bonds is 1. The van der Waals surface area contributed by atoms with Crippen LogP contribution in [0.15, 0.2) is 11.8 Å². The van der Waals surface area contributed by atoms with E-state index in [-0.39, 0.29) is 5.97 Å². The molecule has 0 atom stereocenters. The van der Waals surface area contributed by atoms with Crippen molar-refractivity contribution < 1.29 is 14.3 Å². The van der Waals surface area contributed by atoms with E-state index < -0.39 is 0 Å². The van der Waals surface area contributed by atoms with Crippen LogP contribution in [0.4, 0.5) is 0 Å². The summed E-state index contributed by atoms with van der Waals surface area (Å²) in [5, 5.41) is 0. The Hall–Kier alpha value is -1.03. The highest BCUT2D eigenvalue weighted by molar-refractivity contribution is 5.85. The molecule has 0 unspecified atom stereocenters. The third-order valence-electron chi connectivity index (χ3n) is 2.06. The van der Waals surface area contributed by atoms with Crippen molar-refractivity contribution in [3.63, 3.8) is 0 Å². The zero-order chi connectivity index (χ0) is 8.39. The van der Waals surface area contributed by atoms with Gasteiger partial charge in [0, 0.05) is 19.2 Å². The van der Waals surface area contributed by atoms with Gasteiger partial charge in [-0.2, -0.15) is 0 Å². The van der Waals surface area contributed by atoms with Crippen molar-refractivity contribution in [1.82, 2.24) is 4.90 Å². The Labute approximate surface area is 70.7 Å². The number of carbonyl (C=O) groups excluding carboxylic acids is 1. The number of hydrogen-bond donors (Lipinski definition) is 0. The standard InChI is InChI=1S/C8H11NO3/c10-8-5-7(6-12-8)9-1-3-11-4-2-9/h5H,1-4,6H2. The van der Waals surface area contributed by atoms with Gasteiger partial charge in [-0.3, -0.25) is 0 Å². The molecule has 0 aromatic heterocycles. The second-order valence-corrected chi connectivity index (χ2v) is 2.84. The zero-order valence-corrected chi connectivity index (χ0v) is 6.78. The van der Waals surface area contributed by atoms with Gasteiger partial charge in [-0.05, 0) is 0 Å². The van der Waals surface area contributed by atoms with Gasteiger partial charge in [0.05, 0.1) is 18.9 Å². The van der Waals surface area contributed by atoms with E-state index >= 15 is 0 Å². The molecular formula is C8H11NO3. The Balaban J connectivity index is 1.99. The molecule has 0 aliphatic carbocycles. The van der Waals surface area contributed by atoms with Crippen LogP contribution < -0.4 is 0 Å². The summed E-state index contributed by atoms with van der Waals surface area (Å²) in [6.45, 7) is 3.64. The fraction of sp³-hybridized carbons (Fsp3) is 0.625. The molecule has 0 amide bonds. The van der Waals surface area contributed by atoms with E-state index in [1.165, 1.54) is 0 Å². The van der Waals surface area contributed by atoms with Crippen molar-refractivity contribution in [3.8, 4) is 0 Å². The van der Waals surface area contributed by atoms with Gasteiger partial charge in [0.15, 0.2) is 0 Å². The van der Waals surface area contributed by atoms with E-state index in [9.17, 15) is 4.79 Å². The maximum Gasteiger partial charge on any atom is 0.333 e. The highest BCUT2D eigenvalue weighted by atomic mass is 16.5. The summed E-state index contributed by atoms with van der Waals surface area (Å²) in [6, 6.07) is 0. The van der Waals surface area contributed by atoms with Crippen molar-refractivity contribution in [2.75, 3.05) is 32.9 Å². The van der Waals surface area contributed by atoms with Crippen molar-refractivity contribution >= 4 is 5.97 Å². The average Bonchev–Trinajstić information content (AvgIpc) is 2.54. The second-order valence-electron chi connectivity index (χ2n) is 2.84. The molecule has 0 radical (unpaired) electrons. The van der Waals surface area contributed by atoms with Crippen LogP contribution in [-0.2, 0) is 14.3 Å². The SMILES string of the molecule is O=C1C=C(N2CCOCC2)CO1. The molecule has 4 heteroatoms. The van der Waals surface area contributed by atoms with Crippen molar-refractivity contribution in [2.24, 2.45) is 0 Å². The monoisotopic (exact) mass is 169 g/mol. The van der Waals surface area contributed by atoms with Gasteiger partial charge in [-0.15, -0.1) is 0 Å². The molecule has 0 saturated carbocycles. The highest BCUT2D eigenvalue weighted by Gasteiger charge is 2.20. The minimum atomic E-state index is -0.225. The van der Waals surface area contributed by atoms with Crippen LogP contribution >= 0.6 is 0 Å². The summed E-state index contributed by atoms with van der Waals surface area (Å²) in [5.74, 6) is -0.225. The first-order valence-corrected chi connectivity index (χ1v) is 4.06. The van der Waals surface area contributed by atoms with E-state index in [4.69, 9.17) is 9.47 Å². The molecule has 1 saturated heterocycles. The van der Waals surface area contributed by atoms with Gasteiger partial charge >= 0.3 is 5.97 Å². The van der Waals surface area contributed by atoms with E-state index in [1.807, 2.05) is 0 Å². The normalized spacial score (nSPS) is 23.8. The van der Waals surface area contributed by atoms with Gasteiger partial charge in [-0.1, -0.05) is 0 Å². The Morgan fingerprint density at radius 3 is 2.67 bits per heavy atom. The maximum absolute atomic E-state index is 10.7. The lowest BCUT2D eigenvalue weighted by atomic mass is 10.3. The number of nitrogens with zero attached hydrogens (tertiary/aromatic N) is 1. The maximum atomic E-state index is 10.7. The van der Waals surface area contributed by atoms with Crippen LogP contribution in [-0.4, -0.2) is 43.8 Å². The van der Waals surface area contributed by atoms with Crippen LogP contribution in [0.1, 0.15) is 0 Å². The molecule has 0 N–H and O–H groups in total. The number of carbonyl (C=O) groups is 1. The summed E-state index contributed by atoms with van der Waals surface area (Å²) in [6.07, 6.45) is 1.56. The van der Waals surface area contributed by atoms with E-state index in [2.05, 4.69) is 4.90 Å². The second kappa shape index (κ2) is 3.15. The fourth-order valence-corrected chi connectivity index (χ4v) is 1.40. The summed E-state index contributed by atoms with van der Waals surface area (Å²) >= 11 is 0. The van der Waals surface area contributed by atoms with Gasteiger partial charge in [0.1, 0.15) is 6.61 Å². The molecule has 0 spiro atoms. The largest absolute Gasteiger partial charge is 0.456 e. The molecular weight excluding hydrogens is 158 g/mol. The van der Waals surface area contributed by atoms with Crippen LogP contribution in [0.5, 0.6) is 0 Å². The topological polar surface area (TPSA) is 38.8 Å². The lowest BCUT2D eigenvalue weighted by Crippen LogP contribution is -2.36. The minimum absolute atomic E-state index is 0.225. The van der Waals surface area contributed by atoms with Gasteiger partial charge < -0.3 is 14.4 Å². The Bertz CT molecular complexity index is 218. The Kier molecular flexibility index (Phi) is 1.99. The van der Waals surface area contributed by atoms with E-state index in [0.717, 1.165) is 32.0 Å². The number of morpholine rings is 1. The van der Waals surface area contributed by atoms with Crippen LogP contribution in [0.25, 0.3) is 0 Å². The third-order valence-corrected chi connectivity index (χ3v) is 2.06. The molecule has 0 aromatic rings. The fourth-order valence-electron chi connectivity index (χ4n) is 1.40. The van der Waals surface area contributed by atoms with Crippen molar-refractivity contribution in [3.05, 3.63) is 11.8 Å². The molecule has 2 heterocycles. The van der Waals surface area contributed by atoms with E-state index in [0.29, 0.717) is 6.61 Å². The van der Waals surface area contributed by atoms with Crippen LogP contribution in [0, 0.1) is 0 Å². The first-order chi connectivity index (χ1) is 5.86. The molecule has 12 heavy (non-hydrogen) atoms. The quantitative estimate of drug-likeness (QED) is 0.508. The first kappa shape index (κ1) is 7.61. The van der Waals surface area contributed by atoms with Gasteiger partial charge in [0.25, 0.3) is 0 Å². The summed E-state index contributed by atoms with van der Waals surface area (Å²) < 4.78 is 10.00. The number of esters is 1. The lowest BCUT2D eigenvalue weighted by Gasteiger charge is -2.28. The van der Waals surface area contributed by atoms with Crippen molar-refractivity contribution in [1.29, 1.82) is 0 Å². The summed E-state index contributed by atoms with van der Waals surface area (Å²) in [5.41, 5.74) is 0.989. The molecule has 0 bridgehead atoms.